The molecule has 5 nitrogen and oxygen atoms in total. The Morgan fingerprint density at radius 3 is 1.67 bits per heavy atom. The number of phosphoric acid groups is 1. The Morgan fingerprint density at radius 1 is 0.708 bits per heavy atom. The molecule has 3 aromatic carbocycles. The van der Waals surface area contributed by atoms with Gasteiger partial charge in [0.15, 0.2) is 5.75 Å². The maximum atomic E-state index is 11.3. The van der Waals surface area contributed by atoms with E-state index in [0.29, 0.717) is 5.69 Å². The summed E-state index contributed by atoms with van der Waals surface area (Å²) in [6.07, 6.45) is 0. The van der Waals surface area contributed by atoms with Crippen molar-refractivity contribution in [1.82, 2.24) is 0 Å². The Labute approximate surface area is 140 Å². The van der Waals surface area contributed by atoms with Crippen molar-refractivity contribution < 1.29 is 18.9 Å². The van der Waals surface area contributed by atoms with Crippen LogP contribution in [0.5, 0.6) is 5.75 Å². The van der Waals surface area contributed by atoms with Gasteiger partial charge in [0.2, 0.25) is 0 Å². The number of benzene rings is 3. The Hall–Kier alpha value is -2.59. The fraction of sp³-hybridized carbons (Fsp3) is 0. The van der Waals surface area contributed by atoms with Crippen molar-refractivity contribution in [3.8, 4) is 5.75 Å². The monoisotopic (exact) mass is 341 g/mol. The van der Waals surface area contributed by atoms with Crippen LogP contribution in [0, 0.1) is 0 Å². The third-order valence-corrected chi connectivity index (χ3v) is 3.79. The van der Waals surface area contributed by atoms with Gasteiger partial charge in [-0.3, -0.25) is 9.79 Å². The minimum Gasteiger partial charge on any atom is -0.402 e. The molecule has 0 aliphatic heterocycles. The van der Waals surface area contributed by atoms with Crippen LogP contribution in [0.1, 0.15) is 0 Å². The van der Waals surface area contributed by atoms with E-state index in [1.807, 2.05) is 65.6 Å². The average Bonchev–Trinajstić information content (AvgIpc) is 2.57. The maximum Gasteiger partial charge on any atom is 0.524 e. The van der Waals surface area contributed by atoms with Crippen LogP contribution in [0.4, 0.5) is 17.1 Å². The summed E-state index contributed by atoms with van der Waals surface area (Å²) >= 11 is 0. The summed E-state index contributed by atoms with van der Waals surface area (Å²) in [5.41, 5.74) is 2.24. The van der Waals surface area contributed by atoms with Gasteiger partial charge in [0.05, 0.1) is 5.69 Å². The zero-order valence-corrected chi connectivity index (χ0v) is 13.6. The molecule has 0 aliphatic carbocycles. The molecule has 0 spiro atoms. The van der Waals surface area contributed by atoms with Gasteiger partial charge in [0.1, 0.15) is 0 Å². The quantitative estimate of drug-likeness (QED) is 0.662. The molecule has 0 atom stereocenters. The van der Waals surface area contributed by atoms with Crippen molar-refractivity contribution in [3.05, 3.63) is 84.9 Å². The van der Waals surface area contributed by atoms with Crippen molar-refractivity contribution in [2.75, 3.05) is 4.90 Å². The fourth-order valence-electron chi connectivity index (χ4n) is 2.43. The molecule has 3 aromatic rings. The van der Waals surface area contributed by atoms with Crippen molar-refractivity contribution in [3.63, 3.8) is 0 Å². The first-order chi connectivity index (χ1) is 11.5. The van der Waals surface area contributed by atoms with E-state index in [4.69, 9.17) is 4.52 Å². The molecule has 24 heavy (non-hydrogen) atoms. The number of hydrogen-bond donors (Lipinski definition) is 2. The largest absolute Gasteiger partial charge is 0.524 e. The summed E-state index contributed by atoms with van der Waals surface area (Å²) in [6.45, 7) is 0. The molecule has 0 amide bonds. The number of nitrogens with zero attached hydrogens (tertiary/aromatic N) is 1. The van der Waals surface area contributed by atoms with Gasteiger partial charge in [-0.2, -0.15) is 0 Å². The number of hydrogen-bond acceptors (Lipinski definition) is 3. The maximum absolute atomic E-state index is 11.3. The van der Waals surface area contributed by atoms with Gasteiger partial charge in [-0.15, -0.1) is 0 Å². The summed E-state index contributed by atoms with van der Waals surface area (Å²) in [4.78, 5) is 20.3. The zero-order chi connectivity index (χ0) is 17.0. The standard InChI is InChI=1S/C18H16NO4P/c20-24(21,22)23-18-14-8-7-13-17(18)19(15-9-3-1-4-10-15)16-11-5-2-6-12-16/h1-14H,(H2,20,21,22). The lowest BCUT2D eigenvalue weighted by atomic mass is 10.2. The second kappa shape index (κ2) is 6.89. The third kappa shape index (κ3) is 3.84. The van der Waals surface area contributed by atoms with Crippen LogP contribution in [-0.4, -0.2) is 9.79 Å². The molecule has 6 heteroatoms. The molecule has 0 radical (unpaired) electrons. The number of para-hydroxylation sites is 4. The highest BCUT2D eigenvalue weighted by Crippen LogP contribution is 2.45. The van der Waals surface area contributed by atoms with Crippen LogP contribution in [0.25, 0.3) is 0 Å². The molecule has 2 N–H and O–H groups in total. The average molecular weight is 341 g/mol. The second-order valence-electron chi connectivity index (χ2n) is 5.06. The van der Waals surface area contributed by atoms with E-state index in [1.54, 1.807) is 18.2 Å². The summed E-state index contributed by atoms with van der Waals surface area (Å²) in [5.74, 6) is 0.110. The van der Waals surface area contributed by atoms with Crippen LogP contribution in [0.15, 0.2) is 84.9 Å². The first kappa shape index (κ1) is 16.3. The molecule has 0 heterocycles. The lowest BCUT2D eigenvalue weighted by Gasteiger charge is -2.27. The molecule has 0 saturated carbocycles. The van der Waals surface area contributed by atoms with Gasteiger partial charge in [0, 0.05) is 11.4 Å². The summed E-state index contributed by atoms with van der Waals surface area (Å²) < 4.78 is 16.2. The van der Waals surface area contributed by atoms with Gasteiger partial charge in [-0.05, 0) is 36.4 Å². The minimum absolute atomic E-state index is 0.110. The number of phosphoric ester groups is 1. The normalized spacial score (nSPS) is 11.1. The van der Waals surface area contributed by atoms with E-state index >= 15 is 0 Å². The number of rotatable bonds is 5. The van der Waals surface area contributed by atoms with E-state index in [1.165, 1.54) is 6.07 Å². The summed E-state index contributed by atoms with van der Waals surface area (Å²) in [6, 6.07) is 25.8. The predicted octanol–water partition coefficient (Wildman–Crippen LogP) is 4.63. The van der Waals surface area contributed by atoms with Gasteiger partial charge < -0.3 is 9.42 Å². The van der Waals surface area contributed by atoms with Crippen LogP contribution in [0.3, 0.4) is 0 Å². The van der Waals surface area contributed by atoms with Crippen molar-refractivity contribution in [1.29, 1.82) is 0 Å². The lowest BCUT2D eigenvalue weighted by Crippen LogP contribution is -2.11. The molecule has 0 aromatic heterocycles. The predicted molar refractivity (Wildman–Crippen MR) is 93.8 cm³/mol. The van der Waals surface area contributed by atoms with Gasteiger partial charge in [-0.25, -0.2) is 4.57 Å². The molecule has 0 fully saturated rings. The van der Waals surface area contributed by atoms with Crippen LogP contribution in [0.2, 0.25) is 0 Å². The van der Waals surface area contributed by atoms with Gasteiger partial charge in [0.25, 0.3) is 0 Å². The van der Waals surface area contributed by atoms with E-state index in [-0.39, 0.29) is 5.75 Å². The molecular weight excluding hydrogens is 325 g/mol. The van der Waals surface area contributed by atoms with Crippen LogP contribution in [-0.2, 0) is 4.57 Å². The summed E-state index contributed by atoms with van der Waals surface area (Å²) in [5, 5.41) is 0. The molecule has 0 bridgehead atoms. The molecule has 0 saturated heterocycles. The first-order valence-electron chi connectivity index (χ1n) is 7.29. The fourth-order valence-corrected chi connectivity index (χ4v) is 2.84. The molecule has 0 unspecified atom stereocenters. The van der Waals surface area contributed by atoms with E-state index in [2.05, 4.69) is 0 Å². The van der Waals surface area contributed by atoms with Crippen LogP contribution < -0.4 is 9.42 Å². The Balaban J connectivity index is 2.16. The molecule has 3 rings (SSSR count). The van der Waals surface area contributed by atoms with E-state index < -0.39 is 7.82 Å². The molecular formula is C18H16NO4P. The Morgan fingerprint density at radius 2 is 1.17 bits per heavy atom. The van der Waals surface area contributed by atoms with E-state index in [0.717, 1.165) is 11.4 Å². The van der Waals surface area contributed by atoms with Crippen molar-refractivity contribution in [2.24, 2.45) is 0 Å². The van der Waals surface area contributed by atoms with Gasteiger partial charge in [-0.1, -0.05) is 48.5 Å². The Bertz CT molecular complexity index is 810. The SMILES string of the molecule is O=P(O)(O)Oc1ccccc1N(c1ccccc1)c1ccccc1. The Kier molecular flexibility index (Phi) is 4.67. The topological polar surface area (TPSA) is 70.0 Å². The first-order valence-corrected chi connectivity index (χ1v) is 8.82. The molecule has 0 aliphatic rings. The smallest absolute Gasteiger partial charge is 0.402 e. The molecule has 122 valence electrons. The van der Waals surface area contributed by atoms with E-state index in [9.17, 15) is 14.4 Å². The lowest BCUT2D eigenvalue weighted by molar-refractivity contribution is 0.283. The minimum atomic E-state index is -4.66. The zero-order valence-electron chi connectivity index (χ0n) is 12.7. The van der Waals surface area contributed by atoms with Gasteiger partial charge >= 0.3 is 7.82 Å². The highest BCUT2D eigenvalue weighted by Gasteiger charge is 2.22. The highest BCUT2D eigenvalue weighted by molar-refractivity contribution is 7.46. The second-order valence-corrected chi connectivity index (χ2v) is 6.22. The highest BCUT2D eigenvalue weighted by atomic mass is 31.2. The van der Waals surface area contributed by atoms with Crippen molar-refractivity contribution in [2.45, 2.75) is 0 Å². The number of anilines is 3. The third-order valence-electron chi connectivity index (χ3n) is 3.35. The van der Waals surface area contributed by atoms with Crippen molar-refractivity contribution >= 4 is 24.9 Å². The summed E-state index contributed by atoms with van der Waals surface area (Å²) in [7, 11) is -4.66. The van der Waals surface area contributed by atoms with Crippen LogP contribution >= 0.6 is 7.82 Å².